The summed E-state index contributed by atoms with van der Waals surface area (Å²) in [5.74, 6) is 0.897. The van der Waals surface area contributed by atoms with E-state index in [1.54, 1.807) is 4.90 Å². The molecule has 2 fully saturated rings. The Balaban J connectivity index is 1.58. The van der Waals surface area contributed by atoms with Gasteiger partial charge in [0.25, 0.3) is 0 Å². The lowest BCUT2D eigenvalue weighted by atomic mass is 10.2. The third kappa shape index (κ3) is 3.91. The summed E-state index contributed by atoms with van der Waals surface area (Å²) in [4.78, 5) is 28.0. The number of nitrogens with zero attached hydrogens (tertiary/aromatic N) is 2. The molecule has 1 aliphatic carbocycles. The van der Waals surface area contributed by atoms with Crippen molar-refractivity contribution in [1.82, 2.24) is 4.90 Å². The molecule has 23 heavy (non-hydrogen) atoms. The first kappa shape index (κ1) is 16.0. The Morgan fingerprint density at radius 2 is 2.22 bits per heavy atom. The zero-order valence-corrected chi connectivity index (χ0v) is 13.9. The van der Waals surface area contributed by atoms with Gasteiger partial charge >= 0.3 is 0 Å². The number of benzene rings is 1. The highest BCUT2D eigenvalue weighted by Crippen LogP contribution is 2.34. The number of rotatable bonds is 6. The van der Waals surface area contributed by atoms with Crippen molar-refractivity contribution in [3.63, 3.8) is 0 Å². The van der Waals surface area contributed by atoms with E-state index in [4.69, 9.17) is 0 Å². The van der Waals surface area contributed by atoms with Crippen molar-refractivity contribution in [2.75, 3.05) is 30.4 Å². The van der Waals surface area contributed by atoms with Crippen molar-refractivity contribution in [2.24, 2.45) is 5.92 Å². The lowest BCUT2D eigenvalue weighted by Crippen LogP contribution is -2.37. The van der Waals surface area contributed by atoms with E-state index in [1.165, 1.54) is 12.8 Å². The molecule has 1 atom stereocenters. The summed E-state index contributed by atoms with van der Waals surface area (Å²) in [6.07, 6.45) is 4.07. The van der Waals surface area contributed by atoms with Crippen molar-refractivity contribution in [3.8, 4) is 0 Å². The Hall–Kier alpha value is -1.88. The minimum absolute atomic E-state index is 0.00935. The van der Waals surface area contributed by atoms with E-state index in [9.17, 15) is 9.59 Å². The molecule has 1 aliphatic heterocycles. The fourth-order valence-electron chi connectivity index (χ4n) is 3.18. The van der Waals surface area contributed by atoms with E-state index in [1.807, 2.05) is 31.3 Å². The summed E-state index contributed by atoms with van der Waals surface area (Å²) in [5, 5.41) is 2.95. The van der Waals surface area contributed by atoms with Crippen LogP contribution in [0.5, 0.6) is 0 Å². The number of amides is 2. The van der Waals surface area contributed by atoms with Crippen molar-refractivity contribution >= 4 is 23.2 Å². The Kier molecular flexibility index (Phi) is 4.66. The van der Waals surface area contributed by atoms with Gasteiger partial charge in [-0.3, -0.25) is 14.5 Å². The monoisotopic (exact) mass is 315 g/mol. The number of anilines is 2. The highest BCUT2D eigenvalue weighted by molar-refractivity contribution is 5.97. The Bertz CT molecular complexity index is 598. The summed E-state index contributed by atoms with van der Waals surface area (Å²) >= 11 is 0. The second kappa shape index (κ2) is 6.71. The average Bonchev–Trinajstić information content (AvgIpc) is 3.28. The third-order valence-corrected chi connectivity index (χ3v) is 4.91. The molecule has 1 N–H and O–H groups in total. The summed E-state index contributed by atoms with van der Waals surface area (Å²) in [6.45, 7) is 3.34. The van der Waals surface area contributed by atoms with Crippen LogP contribution in [0.4, 0.5) is 11.4 Å². The Morgan fingerprint density at radius 1 is 1.43 bits per heavy atom. The van der Waals surface area contributed by atoms with Crippen LogP contribution in [0.25, 0.3) is 0 Å². The lowest BCUT2D eigenvalue weighted by molar-refractivity contribution is -0.118. The molecule has 0 radical (unpaired) electrons. The van der Waals surface area contributed by atoms with Gasteiger partial charge in [-0.15, -0.1) is 0 Å². The molecule has 0 aromatic heterocycles. The van der Waals surface area contributed by atoms with Crippen molar-refractivity contribution in [3.05, 3.63) is 24.3 Å². The van der Waals surface area contributed by atoms with Gasteiger partial charge in [0, 0.05) is 30.4 Å². The van der Waals surface area contributed by atoms with Gasteiger partial charge in [-0.2, -0.15) is 0 Å². The van der Waals surface area contributed by atoms with Crippen molar-refractivity contribution < 1.29 is 9.59 Å². The maximum atomic E-state index is 12.2. The number of nitrogens with one attached hydrogen (secondary N) is 1. The number of carbonyl (C=O) groups is 2. The largest absolute Gasteiger partial charge is 0.325 e. The molecule has 1 unspecified atom stereocenters. The average molecular weight is 315 g/mol. The first-order valence-corrected chi connectivity index (χ1v) is 8.45. The summed E-state index contributed by atoms with van der Waals surface area (Å²) < 4.78 is 0. The predicted molar refractivity (Wildman–Crippen MR) is 91.5 cm³/mol. The highest BCUT2D eigenvalue weighted by Gasteiger charge is 2.31. The van der Waals surface area contributed by atoms with Crippen LogP contribution >= 0.6 is 0 Å². The van der Waals surface area contributed by atoms with Crippen LogP contribution in [0.1, 0.15) is 32.6 Å². The minimum Gasteiger partial charge on any atom is -0.325 e. The first-order chi connectivity index (χ1) is 11.0. The topological polar surface area (TPSA) is 52.7 Å². The van der Waals surface area contributed by atoms with E-state index in [0.29, 0.717) is 19.0 Å². The molecule has 1 saturated heterocycles. The lowest BCUT2D eigenvalue weighted by Gasteiger charge is -2.24. The van der Waals surface area contributed by atoms with Crippen LogP contribution < -0.4 is 10.2 Å². The Morgan fingerprint density at radius 3 is 2.87 bits per heavy atom. The van der Waals surface area contributed by atoms with E-state index in [0.717, 1.165) is 30.3 Å². The molecule has 0 spiro atoms. The second-order valence-corrected chi connectivity index (χ2v) is 6.74. The maximum Gasteiger partial charge on any atom is 0.238 e. The van der Waals surface area contributed by atoms with Crippen molar-refractivity contribution in [1.29, 1.82) is 0 Å². The molecule has 2 amide bonds. The van der Waals surface area contributed by atoms with Crippen LogP contribution in [-0.4, -0.2) is 42.9 Å². The van der Waals surface area contributed by atoms with Crippen LogP contribution in [0.2, 0.25) is 0 Å². The predicted octanol–water partition coefficient (Wildman–Crippen LogP) is 2.48. The van der Waals surface area contributed by atoms with Crippen LogP contribution in [0.15, 0.2) is 24.3 Å². The zero-order chi connectivity index (χ0) is 16.4. The molecule has 2 aliphatic rings. The van der Waals surface area contributed by atoms with Crippen LogP contribution in [0.3, 0.4) is 0 Å². The van der Waals surface area contributed by atoms with Gasteiger partial charge in [0.05, 0.1) is 6.54 Å². The summed E-state index contributed by atoms with van der Waals surface area (Å²) in [5.41, 5.74) is 1.62. The van der Waals surface area contributed by atoms with Gasteiger partial charge in [0.15, 0.2) is 0 Å². The smallest absolute Gasteiger partial charge is 0.238 e. The van der Waals surface area contributed by atoms with E-state index >= 15 is 0 Å². The van der Waals surface area contributed by atoms with E-state index < -0.39 is 0 Å². The van der Waals surface area contributed by atoms with Gasteiger partial charge in [0.1, 0.15) is 0 Å². The summed E-state index contributed by atoms with van der Waals surface area (Å²) in [6, 6.07) is 8.00. The van der Waals surface area contributed by atoms with E-state index in [-0.39, 0.29) is 11.8 Å². The van der Waals surface area contributed by atoms with Crippen molar-refractivity contribution in [2.45, 2.75) is 38.6 Å². The second-order valence-electron chi connectivity index (χ2n) is 6.74. The van der Waals surface area contributed by atoms with Gasteiger partial charge < -0.3 is 10.2 Å². The molecule has 1 saturated carbocycles. The molecule has 5 heteroatoms. The number of likely N-dealkylation sites (N-methyl/N-ethyl adjacent to an activating group) is 1. The minimum atomic E-state index is -0.00935. The van der Waals surface area contributed by atoms with Crippen LogP contribution in [-0.2, 0) is 9.59 Å². The maximum absolute atomic E-state index is 12.2. The normalized spacial score (nSPS) is 19.3. The number of carbonyl (C=O) groups excluding carboxylic acids is 2. The quantitative estimate of drug-likeness (QED) is 0.877. The molecular weight excluding hydrogens is 290 g/mol. The van der Waals surface area contributed by atoms with Crippen LogP contribution in [0, 0.1) is 5.92 Å². The molecule has 1 aromatic carbocycles. The fourth-order valence-corrected chi connectivity index (χ4v) is 3.18. The molecule has 124 valence electrons. The third-order valence-electron chi connectivity index (χ3n) is 4.91. The molecular formula is C18H25N3O2. The first-order valence-electron chi connectivity index (χ1n) is 8.45. The standard InChI is InChI=1S/C18H25N3O2/c1-13(14-8-9-14)20(2)12-17(22)19-15-5-3-6-16(11-15)21-10-4-7-18(21)23/h3,5-6,11,13-14H,4,7-10,12H2,1-2H3,(H,19,22). The van der Waals surface area contributed by atoms with E-state index in [2.05, 4.69) is 17.1 Å². The Labute approximate surface area is 137 Å². The molecule has 5 nitrogen and oxygen atoms in total. The van der Waals surface area contributed by atoms with Gasteiger partial charge in [-0.1, -0.05) is 6.07 Å². The molecule has 0 bridgehead atoms. The SMILES string of the molecule is CC(C1CC1)N(C)CC(=O)Nc1cccc(N2CCCC2=O)c1. The summed E-state index contributed by atoms with van der Waals surface area (Å²) in [7, 11) is 2.00. The van der Waals surface area contributed by atoms with Gasteiger partial charge in [-0.25, -0.2) is 0 Å². The zero-order valence-electron chi connectivity index (χ0n) is 13.9. The number of hydrogen-bond acceptors (Lipinski definition) is 3. The van der Waals surface area contributed by atoms with Gasteiger partial charge in [-0.05, 0) is 57.4 Å². The molecule has 1 aromatic rings. The molecule has 1 heterocycles. The van der Waals surface area contributed by atoms with Gasteiger partial charge in [0.2, 0.25) is 11.8 Å². The fraction of sp³-hybridized carbons (Fsp3) is 0.556. The highest BCUT2D eigenvalue weighted by atomic mass is 16.2. The molecule has 3 rings (SSSR count). The number of hydrogen-bond donors (Lipinski definition) is 1.